The van der Waals surface area contributed by atoms with Gasteiger partial charge in [0, 0.05) is 12.2 Å². The van der Waals surface area contributed by atoms with Crippen LogP contribution in [0.3, 0.4) is 0 Å². The molecule has 3 aromatic rings. The van der Waals surface area contributed by atoms with Gasteiger partial charge in [-0.25, -0.2) is 9.97 Å². The first-order valence-electron chi connectivity index (χ1n) is 7.85. The molecule has 1 aromatic heterocycles. The van der Waals surface area contributed by atoms with E-state index >= 15 is 0 Å². The smallest absolute Gasteiger partial charge is 0.159 e. The van der Waals surface area contributed by atoms with Crippen molar-refractivity contribution in [2.75, 3.05) is 16.4 Å². The molecule has 2 aromatic carbocycles. The third-order valence-corrected chi connectivity index (χ3v) is 3.75. The quantitative estimate of drug-likeness (QED) is 0.662. The summed E-state index contributed by atoms with van der Waals surface area (Å²) in [5.74, 6) is 1.22. The van der Waals surface area contributed by atoms with Crippen molar-refractivity contribution in [1.82, 2.24) is 9.97 Å². The molecule has 0 aliphatic rings. The molecule has 1 heterocycles. The third-order valence-electron chi connectivity index (χ3n) is 3.75. The zero-order valence-electron chi connectivity index (χ0n) is 13.9. The normalized spacial score (nSPS) is 10.4. The molecule has 0 atom stereocenters. The summed E-state index contributed by atoms with van der Waals surface area (Å²) >= 11 is 0. The first kappa shape index (κ1) is 15.8. The molecule has 0 aliphatic carbocycles. The molecule has 4 N–H and O–H groups in total. The Morgan fingerprint density at radius 3 is 2.42 bits per heavy atom. The Morgan fingerprint density at radius 2 is 1.67 bits per heavy atom. The summed E-state index contributed by atoms with van der Waals surface area (Å²) in [7, 11) is 0. The van der Waals surface area contributed by atoms with E-state index in [4.69, 9.17) is 5.73 Å². The van der Waals surface area contributed by atoms with Gasteiger partial charge in [0.1, 0.15) is 12.0 Å². The van der Waals surface area contributed by atoms with E-state index in [2.05, 4.69) is 51.8 Å². The minimum absolute atomic E-state index is 0.506. The van der Waals surface area contributed by atoms with Crippen molar-refractivity contribution in [3.8, 4) is 0 Å². The maximum Gasteiger partial charge on any atom is 0.159 e. The first-order chi connectivity index (χ1) is 11.6. The van der Waals surface area contributed by atoms with Gasteiger partial charge in [0.25, 0.3) is 0 Å². The van der Waals surface area contributed by atoms with E-state index < -0.39 is 0 Å². The molecular formula is C19H21N5. The van der Waals surface area contributed by atoms with Crippen LogP contribution in [-0.4, -0.2) is 9.97 Å². The van der Waals surface area contributed by atoms with E-state index in [0.29, 0.717) is 23.9 Å². The number of aryl methyl sites for hydroxylation is 2. The van der Waals surface area contributed by atoms with Crippen molar-refractivity contribution in [3.63, 3.8) is 0 Å². The van der Waals surface area contributed by atoms with Gasteiger partial charge in [-0.15, -0.1) is 0 Å². The van der Waals surface area contributed by atoms with Gasteiger partial charge in [0.15, 0.2) is 11.6 Å². The maximum atomic E-state index is 6.21. The van der Waals surface area contributed by atoms with Crippen LogP contribution in [0.25, 0.3) is 0 Å². The standard InChI is InChI=1S/C19H21N5/c1-13-6-8-15(9-7-13)11-21-18-17(20)19(23-12-22-18)24-16-5-3-4-14(2)10-16/h3-10,12H,11,20H2,1-2H3,(H2,21,22,23,24). The SMILES string of the molecule is Cc1ccc(CNc2ncnc(Nc3cccc(C)c3)c2N)cc1. The zero-order chi connectivity index (χ0) is 16.9. The Morgan fingerprint density at radius 1 is 0.917 bits per heavy atom. The van der Waals surface area contributed by atoms with Crippen molar-refractivity contribution < 1.29 is 0 Å². The van der Waals surface area contributed by atoms with Gasteiger partial charge in [0.2, 0.25) is 0 Å². The predicted molar refractivity (Wildman–Crippen MR) is 99.4 cm³/mol. The Hall–Kier alpha value is -3.08. The van der Waals surface area contributed by atoms with Crippen molar-refractivity contribution in [3.05, 3.63) is 71.5 Å². The number of anilines is 4. The van der Waals surface area contributed by atoms with Crippen molar-refractivity contribution >= 4 is 23.0 Å². The topological polar surface area (TPSA) is 75.9 Å². The highest BCUT2D eigenvalue weighted by Gasteiger charge is 2.08. The molecule has 0 saturated heterocycles. The average molecular weight is 319 g/mol. The van der Waals surface area contributed by atoms with Gasteiger partial charge < -0.3 is 16.4 Å². The predicted octanol–water partition coefficient (Wildman–Crippen LogP) is 4.03. The highest BCUT2D eigenvalue weighted by atomic mass is 15.1. The van der Waals surface area contributed by atoms with Gasteiger partial charge in [-0.2, -0.15) is 0 Å². The Labute approximate surface area is 142 Å². The van der Waals surface area contributed by atoms with E-state index in [0.717, 1.165) is 5.69 Å². The maximum absolute atomic E-state index is 6.21. The molecule has 5 nitrogen and oxygen atoms in total. The minimum Gasteiger partial charge on any atom is -0.393 e. The lowest BCUT2D eigenvalue weighted by Gasteiger charge is -2.13. The van der Waals surface area contributed by atoms with E-state index in [1.807, 2.05) is 31.2 Å². The average Bonchev–Trinajstić information content (AvgIpc) is 2.57. The Bertz CT molecular complexity index is 827. The summed E-state index contributed by atoms with van der Waals surface area (Å²) in [6.07, 6.45) is 1.51. The molecule has 3 rings (SSSR count). The van der Waals surface area contributed by atoms with Crippen LogP contribution in [0.15, 0.2) is 54.9 Å². The molecule has 0 radical (unpaired) electrons. The van der Waals surface area contributed by atoms with Gasteiger partial charge in [0.05, 0.1) is 0 Å². The molecule has 0 fully saturated rings. The molecule has 0 bridgehead atoms. The van der Waals surface area contributed by atoms with Gasteiger partial charge in [-0.1, -0.05) is 42.0 Å². The Kier molecular flexibility index (Phi) is 4.61. The van der Waals surface area contributed by atoms with E-state index in [-0.39, 0.29) is 0 Å². The number of hydrogen-bond donors (Lipinski definition) is 3. The number of nitrogen functional groups attached to an aromatic ring is 1. The summed E-state index contributed by atoms with van der Waals surface area (Å²) in [5, 5.41) is 6.51. The van der Waals surface area contributed by atoms with Crippen molar-refractivity contribution in [2.24, 2.45) is 0 Å². The zero-order valence-corrected chi connectivity index (χ0v) is 13.9. The van der Waals surface area contributed by atoms with Gasteiger partial charge in [-0.05, 0) is 37.1 Å². The highest BCUT2D eigenvalue weighted by molar-refractivity contribution is 5.77. The van der Waals surface area contributed by atoms with Crippen LogP contribution in [0.1, 0.15) is 16.7 Å². The molecular weight excluding hydrogens is 298 g/mol. The van der Waals surface area contributed by atoms with Crippen molar-refractivity contribution in [1.29, 1.82) is 0 Å². The lowest BCUT2D eigenvalue weighted by atomic mass is 10.1. The summed E-state index contributed by atoms with van der Waals surface area (Å²) in [4.78, 5) is 8.49. The Balaban J connectivity index is 1.74. The molecule has 0 unspecified atom stereocenters. The second-order valence-corrected chi connectivity index (χ2v) is 5.82. The fourth-order valence-electron chi connectivity index (χ4n) is 2.39. The van der Waals surface area contributed by atoms with Gasteiger partial charge in [-0.3, -0.25) is 0 Å². The molecule has 122 valence electrons. The fraction of sp³-hybridized carbons (Fsp3) is 0.158. The lowest BCUT2D eigenvalue weighted by molar-refractivity contribution is 1.08. The van der Waals surface area contributed by atoms with E-state index in [1.165, 1.54) is 23.0 Å². The summed E-state index contributed by atoms with van der Waals surface area (Å²) in [6.45, 7) is 4.78. The number of hydrogen-bond acceptors (Lipinski definition) is 5. The number of benzene rings is 2. The highest BCUT2D eigenvalue weighted by Crippen LogP contribution is 2.26. The molecule has 0 saturated carbocycles. The number of nitrogens with two attached hydrogens (primary N) is 1. The first-order valence-corrected chi connectivity index (χ1v) is 7.85. The van der Waals surface area contributed by atoms with E-state index in [9.17, 15) is 0 Å². The van der Waals surface area contributed by atoms with Crippen LogP contribution in [0.2, 0.25) is 0 Å². The van der Waals surface area contributed by atoms with Crippen molar-refractivity contribution in [2.45, 2.75) is 20.4 Å². The van der Waals surface area contributed by atoms with Gasteiger partial charge >= 0.3 is 0 Å². The summed E-state index contributed by atoms with van der Waals surface area (Å²) < 4.78 is 0. The van der Waals surface area contributed by atoms with Crippen LogP contribution >= 0.6 is 0 Å². The second kappa shape index (κ2) is 7.00. The molecule has 5 heteroatoms. The third kappa shape index (κ3) is 3.81. The second-order valence-electron chi connectivity index (χ2n) is 5.82. The summed E-state index contributed by atoms with van der Waals surface area (Å²) in [6, 6.07) is 16.4. The fourth-order valence-corrected chi connectivity index (χ4v) is 2.39. The van der Waals surface area contributed by atoms with Crippen LogP contribution in [0.4, 0.5) is 23.0 Å². The number of rotatable bonds is 5. The van der Waals surface area contributed by atoms with Crippen LogP contribution < -0.4 is 16.4 Å². The minimum atomic E-state index is 0.506. The van der Waals surface area contributed by atoms with Crippen LogP contribution in [0.5, 0.6) is 0 Å². The molecule has 0 aliphatic heterocycles. The number of nitrogens with one attached hydrogen (secondary N) is 2. The lowest BCUT2D eigenvalue weighted by Crippen LogP contribution is -2.08. The molecule has 24 heavy (non-hydrogen) atoms. The number of aromatic nitrogens is 2. The van der Waals surface area contributed by atoms with E-state index in [1.54, 1.807) is 0 Å². The summed E-state index contributed by atoms with van der Waals surface area (Å²) in [5.41, 5.74) is 11.2. The van der Waals surface area contributed by atoms with Crippen LogP contribution in [0, 0.1) is 13.8 Å². The monoisotopic (exact) mass is 319 g/mol. The molecule has 0 spiro atoms. The largest absolute Gasteiger partial charge is 0.393 e. The molecule has 0 amide bonds. The van der Waals surface area contributed by atoms with Crippen LogP contribution in [-0.2, 0) is 6.54 Å². The number of nitrogens with zero attached hydrogens (tertiary/aromatic N) is 2.